The monoisotopic (exact) mass is 361 g/mol. The van der Waals surface area contributed by atoms with E-state index in [1.807, 2.05) is 11.7 Å². The topological polar surface area (TPSA) is 30.2 Å². The fraction of sp³-hybridized carbons (Fsp3) is 0.412. The van der Waals surface area contributed by atoms with Crippen molar-refractivity contribution in [2.45, 2.75) is 37.6 Å². The van der Waals surface area contributed by atoms with Crippen molar-refractivity contribution >= 4 is 34.0 Å². The van der Waals surface area contributed by atoms with E-state index in [0.717, 1.165) is 22.7 Å². The summed E-state index contributed by atoms with van der Waals surface area (Å²) < 4.78 is 1.94. The Morgan fingerprint density at radius 1 is 1.09 bits per heavy atom. The van der Waals surface area contributed by atoms with Gasteiger partial charge < -0.3 is 0 Å². The number of thiophene rings is 2. The molecular formula is C17H19N3S3. The minimum Gasteiger partial charge on any atom is -0.246 e. The van der Waals surface area contributed by atoms with Crippen LogP contribution >= 0.6 is 34.0 Å². The highest BCUT2D eigenvalue weighted by Crippen LogP contribution is 2.41. The standard InChI is InChI=1S/C17H19N3S3/c1-20-16(23-15(19-20)13-5-9-21-11-13)18-17(7-3-2-4-8-17)14-6-10-22-12-14/h5-6,9-12H,2-4,7-8H2,1H3. The van der Waals surface area contributed by atoms with Crippen LogP contribution in [0.15, 0.2) is 38.6 Å². The lowest BCUT2D eigenvalue weighted by Crippen LogP contribution is -2.30. The Morgan fingerprint density at radius 2 is 1.87 bits per heavy atom. The summed E-state index contributed by atoms with van der Waals surface area (Å²) in [5, 5.41) is 14.4. The minimum atomic E-state index is -0.0472. The first kappa shape index (κ1) is 15.3. The maximum Gasteiger partial charge on any atom is 0.204 e. The second-order valence-corrected chi connectivity index (χ2v) is 8.56. The third-order valence-electron chi connectivity index (χ3n) is 4.52. The Kier molecular flexibility index (Phi) is 4.22. The zero-order valence-electron chi connectivity index (χ0n) is 13.1. The highest BCUT2D eigenvalue weighted by molar-refractivity contribution is 7.13. The average molecular weight is 362 g/mol. The molecule has 1 aliphatic rings. The summed E-state index contributed by atoms with van der Waals surface area (Å²) in [6.45, 7) is 0. The molecule has 3 aromatic rings. The molecular weight excluding hydrogens is 342 g/mol. The van der Waals surface area contributed by atoms with Crippen LogP contribution in [0.1, 0.15) is 37.7 Å². The van der Waals surface area contributed by atoms with Crippen molar-refractivity contribution in [1.82, 2.24) is 9.78 Å². The molecule has 6 heteroatoms. The largest absolute Gasteiger partial charge is 0.246 e. The predicted octanol–water partition coefficient (Wildman–Crippen LogP) is 5.03. The van der Waals surface area contributed by atoms with Gasteiger partial charge in [0.2, 0.25) is 4.80 Å². The number of nitrogens with zero attached hydrogens (tertiary/aromatic N) is 3. The average Bonchev–Trinajstić information content (AvgIpc) is 3.30. The summed E-state index contributed by atoms with van der Waals surface area (Å²) in [6, 6.07) is 4.38. The van der Waals surface area contributed by atoms with Crippen LogP contribution in [0, 0.1) is 0 Å². The number of hydrogen-bond acceptors (Lipinski definition) is 5. The summed E-state index contributed by atoms with van der Waals surface area (Å²) in [6.07, 6.45) is 6.15. The van der Waals surface area contributed by atoms with Gasteiger partial charge in [-0.05, 0) is 46.7 Å². The van der Waals surface area contributed by atoms with Crippen LogP contribution in [0.2, 0.25) is 0 Å². The molecule has 0 amide bonds. The van der Waals surface area contributed by atoms with Crippen LogP contribution in [0.4, 0.5) is 0 Å². The Hall–Kier alpha value is -1.24. The molecule has 0 unspecified atom stereocenters. The molecule has 120 valence electrons. The number of aromatic nitrogens is 2. The lowest BCUT2D eigenvalue weighted by atomic mass is 9.78. The molecule has 1 saturated carbocycles. The van der Waals surface area contributed by atoms with Crippen molar-refractivity contribution in [3.8, 4) is 10.6 Å². The minimum absolute atomic E-state index is 0.0472. The van der Waals surface area contributed by atoms with Gasteiger partial charge in [-0.2, -0.15) is 27.8 Å². The lowest BCUT2D eigenvalue weighted by Gasteiger charge is -2.32. The fourth-order valence-corrected chi connectivity index (χ4v) is 5.70. The van der Waals surface area contributed by atoms with E-state index >= 15 is 0 Å². The zero-order valence-corrected chi connectivity index (χ0v) is 15.5. The van der Waals surface area contributed by atoms with Gasteiger partial charge in [0, 0.05) is 18.0 Å². The van der Waals surface area contributed by atoms with Crippen LogP contribution in [0.5, 0.6) is 0 Å². The second-order valence-electron chi connectivity index (χ2n) is 6.04. The van der Waals surface area contributed by atoms with Crippen molar-refractivity contribution in [1.29, 1.82) is 0 Å². The van der Waals surface area contributed by atoms with E-state index in [9.17, 15) is 0 Å². The van der Waals surface area contributed by atoms with Gasteiger partial charge in [-0.25, -0.2) is 9.67 Å². The van der Waals surface area contributed by atoms with E-state index in [1.165, 1.54) is 30.4 Å². The molecule has 3 heterocycles. The van der Waals surface area contributed by atoms with Crippen LogP contribution in [0.25, 0.3) is 10.6 Å². The molecule has 1 aliphatic carbocycles. The van der Waals surface area contributed by atoms with Gasteiger partial charge in [-0.1, -0.05) is 30.6 Å². The Balaban J connectivity index is 1.81. The molecule has 4 rings (SSSR count). The molecule has 0 radical (unpaired) electrons. The SMILES string of the molecule is Cn1nc(-c2ccsc2)sc1=NC1(c2ccsc2)CCCCC1. The van der Waals surface area contributed by atoms with Crippen molar-refractivity contribution < 1.29 is 0 Å². The van der Waals surface area contributed by atoms with E-state index < -0.39 is 0 Å². The van der Waals surface area contributed by atoms with Gasteiger partial charge in [0.1, 0.15) is 5.01 Å². The van der Waals surface area contributed by atoms with Gasteiger partial charge in [0.15, 0.2) is 0 Å². The highest BCUT2D eigenvalue weighted by Gasteiger charge is 2.34. The van der Waals surface area contributed by atoms with E-state index in [4.69, 9.17) is 4.99 Å². The Bertz CT molecular complexity index is 819. The fourth-order valence-electron chi connectivity index (χ4n) is 3.26. The smallest absolute Gasteiger partial charge is 0.204 e. The zero-order chi connectivity index (χ0) is 15.7. The molecule has 0 N–H and O–H groups in total. The third kappa shape index (κ3) is 2.95. The molecule has 1 fully saturated rings. The lowest BCUT2D eigenvalue weighted by molar-refractivity contribution is 0.297. The van der Waals surface area contributed by atoms with E-state index in [-0.39, 0.29) is 5.54 Å². The van der Waals surface area contributed by atoms with Crippen molar-refractivity contribution in [3.05, 3.63) is 44.0 Å². The first-order chi connectivity index (χ1) is 11.3. The summed E-state index contributed by atoms with van der Waals surface area (Å²) in [4.78, 5) is 6.28. The molecule has 0 aromatic carbocycles. The molecule has 23 heavy (non-hydrogen) atoms. The van der Waals surface area contributed by atoms with Gasteiger partial charge in [0.25, 0.3) is 0 Å². The summed E-state index contributed by atoms with van der Waals surface area (Å²) >= 11 is 5.18. The number of hydrogen-bond donors (Lipinski definition) is 0. The quantitative estimate of drug-likeness (QED) is 0.643. The van der Waals surface area contributed by atoms with Crippen LogP contribution in [0.3, 0.4) is 0 Å². The van der Waals surface area contributed by atoms with E-state index in [2.05, 4.69) is 38.8 Å². The van der Waals surface area contributed by atoms with Crippen LogP contribution in [-0.4, -0.2) is 9.78 Å². The van der Waals surface area contributed by atoms with Gasteiger partial charge >= 0.3 is 0 Å². The number of rotatable bonds is 3. The summed E-state index contributed by atoms with van der Waals surface area (Å²) in [7, 11) is 2.01. The maximum absolute atomic E-state index is 5.25. The van der Waals surface area contributed by atoms with Crippen molar-refractivity contribution in [2.24, 2.45) is 12.0 Å². The van der Waals surface area contributed by atoms with Gasteiger partial charge in [0.05, 0.1) is 5.54 Å². The van der Waals surface area contributed by atoms with Crippen molar-refractivity contribution in [2.75, 3.05) is 0 Å². The molecule has 0 saturated heterocycles. The second kappa shape index (κ2) is 6.34. The normalized spacial score (nSPS) is 18.4. The third-order valence-corrected chi connectivity index (χ3v) is 6.94. The predicted molar refractivity (Wildman–Crippen MR) is 99.0 cm³/mol. The van der Waals surface area contributed by atoms with E-state index in [0.29, 0.717) is 0 Å². The molecule has 0 aliphatic heterocycles. The first-order valence-corrected chi connectivity index (χ1v) is 10.6. The van der Waals surface area contributed by atoms with Crippen LogP contribution < -0.4 is 4.80 Å². The van der Waals surface area contributed by atoms with Crippen LogP contribution in [-0.2, 0) is 12.6 Å². The molecule has 3 aromatic heterocycles. The van der Waals surface area contributed by atoms with Crippen molar-refractivity contribution in [3.63, 3.8) is 0 Å². The Morgan fingerprint density at radius 3 is 2.57 bits per heavy atom. The molecule has 0 bridgehead atoms. The Labute approximate surface area is 148 Å². The molecule has 3 nitrogen and oxygen atoms in total. The molecule has 0 spiro atoms. The van der Waals surface area contributed by atoms with E-state index in [1.54, 1.807) is 34.0 Å². The maximum atomic E-state index is 5.25. The van der Waals surface area contributed by atoms with Gasteiger partial charge in [-0.3, -0.25) is 0 Å². The number of aryl methyl sites for hydroxylation is 1. The summed E-state index contributed by atoms with van der Waals surface area (Å²) in [5.74, 6) is 0. The molecule has 0 atom stereocenters. The van der Waals surface area contributed by atoms with Gasteiger partial charge in [-0.15, -0.1) is 0 Å². The first-order valence-electron chi connectivity index (χ1n) is 7.92. The summed E-state index contributed by atoms with van der Waals surface area (Å²) in [5.41, 5.74) is 2.53. The highest BCUT2D eigenvalue weighted by atomic mass is 32.1.